The summed E-state index contributed by atoms with van der Waals surface area (Å²) in [6.45, 7) is 9.25. The number of amides is 1. The average Bonchev–Trinajstić information content (AvgIpc) is 3.36. The first-order valence-electron chi connectivity index (χ1n) is 10.2. The Balaban J connectivity index is 0.00000272. The molecule has 1 fully saturated rings. The van der Waals surface area contributed by atoms with Crippen LogP contribution in [0.25, 0.3) is 10.2 Å². The van der Waals surface area contributed by atoms with Crippen molar-refractivity contribution >= 4 is 45.0 Å². The molecule has 0 N–H and O–H groups in total. The van der Waals surface area contributed by atoms with E-state index in [2.05, 4.69) is 10.00 Å². The normalized spacial score (nSPS) is 14.4. The topological polar surface area (TPSA) is 72.7 Å². The van der Waals surface area contributed by atoms with Gasteiger partial charge in [0.05, 0.1) is 30.5 Å². The second-order valence-electron chi connectivity index (χ2n) is 7.23. The van der Waals surface area contributed by atoms with Gasteiger partial charge in [0.1, 0.15) is 5.75 Å². The number of nitrogens with zero attached hydrogens (tertiary/aromatic N) is 5. The van der Waals surface area contributed by atoms with Gasteiger partial charge in [-0.15, -0.1) is 12.4 Å². The number of carbonyl (C=O) groups is 1. The zero-order chi connectivity index (χ0) is 21.1. The van der Waals surface area contributed by atoms with Crippen LogP contribution in [-0.2, 0) is 11.3 Å². The molecule has 31 heavy (non-hydrogen) atoms. The van der Waals surface area contributed by atoms with Gasteiger partial charge in [0.2, 0.25) is 0 Å². The minimum atomic E-state index is -0.121. The van der Waals surface area contributed by atoms with Crippen LogP contribution in [0.15, 0.2) is 24.3 Å². The number of hydrogen-bond acceptors (Lipinski definition) is 7. The summed E-state index contributed by atoms with van der Waals surface area (Å²) in [4.78, 5) is 22.3. The fourth-order valence-corrected chi connectivity index (χ4v) is 4.58. The summed E-state index contributed by atoms with van der Waals surface area (Å²) in [6.07, 6.45) is 0. The molecule has 4 rings (SSSR count). The van der Waals surface area contributed by atoms with Gasteiger partial charge in [0, 0.05) is 38.4 Å². The molecule has 0 unspecified atom stereocenters. The Morgan fingerprint density at radius 3 is 2.74 bits per heavy atom. The number of morpholine rings is 1. The lowest BCUT2D eigenvalue weighted by molar-refractivity contribution is 0.0391. The van der Waals surface area contributed by atoms with Gasteiger partial charge in [-0.25, -0.2) is 4.98 Å². The minimum absolute atomic E-state index is 0. The summed E-state index contributed by atoms with van der Waals surface area (Å²) < 4.78 is 13.6. The number of fused-ring (bicyclic) bond motifs is 1. The fourth-order valence-electron chi connectivity index (χ4n) is 3.56. The number of thiazole rings is 1. The summed E-state index contributed by atoms with van der Waals surface area (Å²) >= 11 is 1.50. The van der Waals surface area contributed by atoms with E-state index in [0.717, 1.165) is 61.1 Å². The Hall–Kier alpha value is -2.20. The number of ether oxygens (including phenoxy) is 2. The first-order valence-corrected chi connectivity index (χ1v) is 11.0. The quantitative estimate of drug-likeness (QED) is 0.533. The molecule has 1 aromatic carbocycles. The zero-order valence-electron chi connectivity index (χ0n) is 18.0. The Bertz CT molecular complexity index is 1030. The van der Waals surface area contributed by atoms with Gasteiger partial charge >= 0.3 is 0 Å². The van der Waals surface area contributed by atoms with Crippen LogP contribution in [0.5, 0.6) is 5.75 Å². The first kappa shape index (κ1) is 23.5. The Morgan fingerprint density at radius 2 is 2.06 bits per heavy atom. The van der Waals surface area contributed by atoms with Crippen LogP contribution in [0.2, 0.25) is 0 Å². The maximum Gasteiger partial charge on any atom is 0.280 e. The Kier molecular flexibility index (Phi) is 7.88. The third-order valence-electron chi connectivity index (χ3n) is 5.30. The van der Waals surface area contributed by atoms with E-state index in [0.29, 0.717) is 17.4 Å². The average molecular weight is 466 g/mol. The van der Waals surface area contributed by atoms with Crippen LogP contribution in [0.3, 0.4) is 0 Å². The highest BCUT2D eigenvalue weighted by molar-refractivity contribution is 7.22. The maximum atomic E-state index is 13.4. The van der Waals surface area contributed by atoms with E-state index in [-0.39, 0.29) is 18.3 Å². The van der Waals surface area contributed by atoms with Crippen LogP contribution in [0.4, 0.5) is 5.13 Å². The highest BCUT2D eigenvalue weighted by Gasteiger charge is 2.25. The standard InChI is InChI=1S/C21H27N5O3S.ClH/c1-4-26-15(2)13-18(23-26)20(27)25(8-7-24-9-11-29-12-10-24)21-22-17-6-5-16(28-3)14-19(17)30-21;/h5-6,13-14H,4,7-12H2,1-3H3;1H. The predicted octanol–water partition coefficient (Wildman–Crippen LogP) is 3.23. The van der Waals surface area contributed by atoms with Crippen molar-refractivity contribution in [3.05, 3.63) is 35.7 Å². The molecular formula is C21H28ClN5O3S. The van der Waals surface area contributed by atoms with E-state index in [4.69, 9.17) is 14.5 Å². The summed E-state index contributed by atoms with van der Waals surface area (Å²) in [7, 11) is 1.65. The van der Waals surface area contributed by atoms with Gasteiger partial charge in [-0.1, -0.05) is 11.3 Å². The molecule has 0 saturated carbocycles. The van der Waals surface area contributed by atoms with E-state index in [9.17, 15) is 4.79 Å². The molecule has 3 heterocycles. The third-order valence-corrected chi connectivity index (χ3v) is 6.34. The van der Waals surface area contributed by atoms with Gasteiger partial charge in [-0.3, -0.25) is 19.3 Å². The lowest BCUT2D eigenvalue weighted by Gasteiger charge is -2.29. The van der Waals surface area contributed by atoms with Crippen molar-refractivity contribution in [1.82, 2.24) is 19.7 Å². The number of rotatable bonds is 7. The molecule has 10 heteroatoms. The molecule has 3 aromatic rings. The van der Waals surface area contributed by atoms with Crippen molar-refractivity contribution in [3.63, 3.8) is 0 Å². The molecule has 0 radical (unpaired) electrons. The maximum absolute atomic E-state index is 13.4. The molecule has 168 valence electrons. The van der Waals surface area contributed by atoms with Crippen molar-refractivity contribution in [2.45, 2.75) is 20.4 Å². The number of aromatic nitrogens is 3. The summed E-state index contributed by atoms with van der Waals surface area (Å²) in [5.74, 6) is 0.658. The zero-order valence-corrected chi connectivity index (χ0v) is 19.7. The number of hydrogen-bond donors (Lipinski definition) is 0. The van der Waals surface area contributed by atoms with Crippen LogP contribution in [-0.4, -0.2) is 72.1 Å². The second kappa shape index (κ2) is 10.4. The molecule has 0 bridgehead atoms. The van der Waals surface area contributed by atoms with E-state index in [1.165, 1.54) is 11.3 Å². The summed E-state index contributed by atoms with van der Waals surface area (Å²) in [5.41, 5.74) is 2.28. The smallest absolute Gasteiger partial charge is 0.280 e. The van der Waals surface area contributed by atoms with Crippen LogP contribution in [0.1, 0.15) is 23.1 Å². The van der Waals surface area contributed by atoms with Gasteiger partial charge in [0.25, 0.3) is 5.91 Å². The molecular weight excluding hydrogens is 438 g/mol. The molecule has 1 amide bonds. The number of anilines is 1. The highest BCUT2D eigenvalue weighted by atomic mass is 35.5. The van der Waals surface area contributed by atoms with Crippen molar-refractivity contribution < 1.29 is 14.3 Å². The molecule has 1 saturated heterocycles. The Labute approximate surface area is 192 Å². The van der Waals surface area contributed by atoms with Gasteiger partial charge in [-0.2, -0.15) is 5.10 Å². The third kappa shape index (κ3) is 5.17. The number of methoxy groups -OCH3 is 1. The molecule has 0 spiro atoms. The summed E-state index contributed by atoms with van der Waals surface area (Å²) in [5, 5.41) is 5.18. The van der Waals surface area contributed by atoms with E-state index < -0.39 is 0 Å². The number of carbonyl (C=O) groups excluding carboxylic acids is 1. The van der Waals surface area contributed by atoms with E-state index >= 15 is 0 Å². The molecule has 2 aromatic heterocycles. The van der Waals surface area contributed by atoms with E-state index in [1.54, 1.807) is 12.0 Å². The SMILES string of the molecule is CCn1nc(C(=O)N(CCN2CCOCC2)c2nc3ccc(OC)cc3s2)cc1C.Cl. The molecule has 0 atom stereocenters. The van der Waals surface area contributed by atoms with Crippen molar-refractivity contribution in [2.75, 3.05) is 51.4 Å². The van der Waals surface area contributed by atoms with Gasteiger partial charge < -0.3 is 9.47 Å². The monoisotopic (exact) mass is 465 g/mol. The first-order chi connectivity index (χ1) is 14.6. The summed E-state index contributed by atoms with van der Waals surface area (Å²) in [6, 6.07) is 7.62. The van der Waals surface area contributed by atoms with Crippen molar-refractivity contribution in [3.8, 4) is 5.75 Å². The van der Waals surface area contributed by atoms with Crippen molar-refractivity contribution in [2.24, 2.45) is 0 Å². The largest absolute Gasteiger partial charge is 0.497 e. The van der Waals surface area contributed by atoms with Gasteiger partial charge in [-0.05, 0) is 38.1 Å². The molecule has 1 aliphatic rings. The molecule has 8 nitrogen and oxygen atoms in total. The lowest BCUT2D eigenvalue weighted by atomic mass is 10.3. The molecule has 0 aliphatic carbocycles. The highest BCUT2D eigenvalue weighted by Crippen LogP contribution is 2.32. The molecule has 1 aliphatic heterocycles. The van der Waals surface area contributed by atoms with E-state index in [1.807, 2.05) is 42.8 Å². The van der Waals surface area contributed by atoms with Crippen LogP contribution >= 0.6 is 23.7 Å². The Morgan fingerprint density at radius 1 is 1.29 bits per heavy atom. The van der Waals surface area contributed by atoms with Crippen LogP contribution < -0.4 is 9.64 Å². The second-order valence-corrected chi connectivity index (χ2v) is 8.24. The van der Waals surface area contributed by atoms with Gasteiger partial charge in [0.15, 0.2) is 10.8 Å². The predicted molar refractivity (Wildman–Crippen MR) is 125 cm³/mol. The van der Waals surface area contributed by atoms with Crippen molar-refractivity contribution in [1.29, 1.82) is 0 Å². The lowest BCUT2D eigenvalue weighted by Crippen LogP contribution is -2.43. The minimum Gasteiger partial charge on any atom is -0.497 e. The number of benzene rings is 1. The number of halogens is 1. The van der Waals surface area contributed by atoms with Crippen LogP contribution in [0, 0.1) is 6.92 Å². The fraction of sp³-hybridized carbons (Fsp3) is 0.476. The number of aryl methyl sites for hydroxylation is 2.